The maximum Gasteiger partial charge on any atom is 0.446 e. The van der Waals surface area contributed by atoms with Gasteiger partial charge < -0.3 is 69.3 Å². The summed E-state index contributed by atoms with van der Waals surface area (Å²) in [7, 11) is 7.67. The van der Waals surface area contributed by atoms with Crippen molar-refractivity contribution < 1.29 is 85.6 Å². The van der Waals surface area contributed by atoms with Gasteiger partial charge in [0.25, 0.3) is 0 Å². The molecular weight excluding hydrogens is 1430 g/mol. The molecule has 0 fully saturated rings. The maximum atomic E-state index is 13.7. The number of amides is 2. The van der Waals surface area contributed by atoms with Crippen LogP contribution in [0.5, 0.6) is 11.5 Å². The zero-order chi connectivity index (χ0) is 78.8. The number of anilines is 6. The first-order chi connectivity index (χ1) is 51.1. The van der Waals surface area contributed by atoms with Gasteiger partial charge in [0.1, 0.15) is 53.0 Å². The fourth-order valence-electron chi connectivity index (χ4n) is 9.21. The van der Waals surface area contributed by atoms with Crippen LogP contribution in [0.3, 0.4) is 0 Å². The molecule has 2 amide bonds. The van der Waals surface area contributed by atoms with E-state index >= 15 is 0 Å². The van der Waals surface area contributed by atoms with Crippen molar-refractivity contribution in [1.29, 1.82) is 0 Å². The molecular formula is C76H105Cl2F5N10O13. The molecule has 30 heteroatoms. The Morgan fingerprint density at radius 3 is 1.22 bits per heavy atom. The van der Waals surface area contributed by atoms with Crippen LogP contribution < -0.4 is 30.7 Å². The highest BCUT2D eigenvalue weighted by atomic mass is 35.5. The van der Waals surface area contributed by atoms with Crippen molar-refractivity contribution in [2.75, 3.05) is 129 Å². The number of likely N-dealkylation sites (N-methyl/N-ethyl adjacent to an activating group) is 2. The lowest BCUT2D eigenvalue weighted by molar-refractivity contribution is -0.156. The third-order valence-electron chi connectivity index (χ3n) is 14.3. The molecule has 4 aromatic carbocycles. The van der Waals surface area contributed by atoms with Crippen LogP contribution in [0.15, 0.2) is 97.6 Å². The molecule has 0 bridgehead atoms. The Hall–Kier alpha value is -8.22. The van der Waals surface area contributed by atoms with Crippen molar-refractivity contribution in [3.8, 4) is 11.5 Å². The van der Waals surface area contributed by atoms with Crippen molar-refractivity contribution in [3.05, 3.63) is 119 Å². The molecule has 0 aliphatic carbocycles. The number of halogens is 7. The molecule has 6 rings (SSSR count). The summed E-state index contributed by atoms with van der Waals surface area (Å²) >= 11 is 11.9. The van der Waals surface area contributed by atoms with Crippen LogP contribution in [-0.4, -0.2) is 184 Å². The quantitative estimate of drug-likeness (QED) is 0.00781. The summed E-state index contributed by atoms with van der Waals surface area (Å²) in [6, 6.07) is 15.6. The molecule has 23 nitrogen and oxygen atoms in total. The van der Waals surface area contributed by atoms with E-state index in [0.717, 1.165) is 83.5 Å². The first-order valence-electron chi connectivity index (χ1n) is 35.9. The Morgan fingerprint density at radius 2 is 0.887 bits per heavy atom. The first kappa shape index (κ1) is 90.2. The average molecular weight is 1530 g/mol. The van der Waals surface area contributed by atoms with Crippen molar-refractivity contribution in [3.63, 3.8) is 0 Å². The third-order valence-corrected chi connectivity index (χ3v) is 14.9. The Kier molecular flexibility index (Phi) is 44.8. The van der Waals surface area contributed by atoms with Gasteiger partial charge in [0, 0.05) is 127 Å². The maximum absolute atomic E-state index is 13.7. The molecule has 106 heavy (non-hydrogen) atoms. The normalized spacial score (nSPS) is 11.5. The minimum absolute atomic E-state index is 0.0146. The highest BCUT2D eigenvalue weighted by Crippen LogP contribution is 2.36. The van der Waals surface area contributed by atoms with E-state index in [-0.39, 0.29) is 34.2 Å². The van der Waals surface area contributed by atoms with Gasteiger partial charge in [0.2, 0.25) is 18.1 Å². The van der Waals surface area contributed by atoms with Gasteiger partial charge in [-0.15, -0.1) is 0 Å². The lowest BCUT2D eigenvalue weighted by Crippen LogP contribution is -2.23. The number of aldehydes is 1. The van der Waals surface area contributed by atoms with Crippen LogP contribution in [0, 0.1) is 11.6 Å². The number of nitrogens with zero attached hydrogens (tertiary/aromatic N) is 6. The van der Waals surface area contributed by atoms with Gasteiger partial charge in [0.05, 0.1) is 45.7 Å². The fraction of sp³-hybridized carbons (Fsp3) is 0.513. The van der Waals surface area contributed by atoms with Crippen LogP contribution in [0.1, 0.15) is 139 Å². The van der Waals surface area contributed by atoms with Crippen molar-refractivity contribution in [1.82, 2.24) is 29.7 Å². The number of nitrogens with one attached hydrogen (secondary N) is 4. The van der Waals surface area contributed by atoms with E-state index in [9.17, 15) is 41.1 Å². The van der Waals surface area contributed by atoms with Crippen molar-refractivity contribution in [2.45, 2.75) is 149 Å². The Morgan fingerprint density at radius 1 is 0.538 bits per heavy atom. The molecule has 2 heterocycles. The lowest BCUT2D eigenvalue weighted by atomic mass is 10.1. The minimum Gasteiger partial charge on any atom is -0.491 e. The highest BCUT2D eigenvalue weighted by molar-refractivity contribution is 6.31. The van der Waals surface area contributed by atoms with Crippen LogP contribution in [-0.2, 0) is 47.7 Å². The molecule has 5 N–H and O–H groups in total. The molecule has 0 spiro atoms. The summed E-state index contributed by atoms with van der Waals surface area (Å²) < 4.78 is 105. The first-order valence-corrected chi connectivity index (χ1v) is 36.0. The molecule has 0 aliphatic heterocycles. The number of rotatable bonds is 46. The van der Waals surface area contributed by atoms with E-state index in [2.05, 4.69) is 41.2 Å². The molecule has 6 aromatic rings. The van der Waals surface area contributed by atoms with Gasteiger partial charge in [-0.25, -0.2) is 28.7 Å². The smallest absolute Gasteiger partial charge is 0.446 e. The number of aromatic nitrogens is 4. The standard InChI is InChI=1S/C38H53ClFN5O6.C34H45ClFN5O6.C2HF3O.C2H6/c1-38(2,3)51-36(47)15-7-6-8-19-48-20-9-10-21-49-22-11-12-23-50-34-26-32-29(25-33(34)44-35(46)14-13-18-45(4)5)37(42-27-41-32)43-28-16-17-31(40)30(39)24-28;1-41(2)15-10-11-32(42)40-30-22-26-29(37-24-38-34(26)39-25-13-14-28(36)27(35)21-25)23-31(30)47-20-9-8-19-46-18-7-6-17-45-16-5-3-4-12-33(43)44;3-2(4,5)1-6;1-2/h13-14,16-17,24-27H,6-12,15,18-23H2,1-5H3,(H,44,46)(H,41,42,43);10-11,13-14,21-24H,3-9,12,15-20H2,1-2H3,(H,40,42)(H,43,44)(H,37,38,39);1H;1-2H3/b14-13+;11-10+;;/i;;;1D. The summed E-state index contributed by atoms with van der Waals surface area (Å²) in [4.78, 5) is 77.9. The molecule has 0 atom stereocenters. The molecule has 0 radical (unpaired) electrons. The molecule has 0 saturated heterocycles. The number of carbonyl (C=O) groups excluding carboxylic acids is 4. The number of fused-ring (bicyclic) bond motifs is 2. The summed E-state index contributed by atoms with van der Waals surface area (Å²) in [5.41, 5.74) is 2.79. The van der Waals surface area contributed by atoms with Crippen LogP contribution in [0.25, 0.3) is 21.8 Å². The predicted octanol–water partition coefficient (Wildman–Crippen LogP) is 16.7. The number of carbonyl (C=O) groups is 5. The fourth-order valence-corrected chi connectivity index (χ4v) is 9.57. The number of aliphatic carboxylic acids is 1. The van der Waals surface area contributed by atoms with E-state index in [1.54, 1.807) is 55.5 Å². The van der Waals surface area contributed by atoms with Gasteiger partial charge >= 0.3 is 18.1 Å². The molecule has 586 valence electrons. The monoisotopic (exact) mass is 1530 g/mol. The SMILES string of the molecule is CN(C)C/C=C/C(=O)Nc1cc2c(Nc3ccc(F)c(Cl)c3)ncnc2cc1OCCCCOCCCCOCCCCCC(=O)O.CN(C)C/C=C/C(=O)Nc1cc2c(Nc3ccc(F)c(Cl)c3)ncnc2cc1OCCCCOCCCCOCCCCCC(=O)OC(C)(C)C.O=CC(F)(F)F.[2H]CC. The van der Waals surface area contributed by atoms with E-state index in [1.807, 2.05) is 58.8 Å². The number of unbranched alkanes of at least 4 members (excludes halogenated alkanes) is 8. The topological polar surface area (TPSA) is 276 Å². The van der Waals surface area contributed by atoms with Gasteiger partial charge in [-0.3, -0.25) is 24.0 Å². The molecule has 0 saturated carbocycles. The summed E-state index contributed by atoms with van der Waals surface area (Å²) in [6.07, 6.45) is 16.2. The van der Waals surface area contributed by atoms with Gasteiger partial charge in [-0.1, -0.05) is 62.0 Å². The number of hydrogen-bond acceptors (Lipinski definition) is 20. The number of benzene rings is 4. The number of ether oxygens (including phenoxy) is 7. The average Bonchev–Trinajstić information content (AvgIpc) is 0.797. The summed E-state index contributed by atoms with van der Waals surface area (Å²) in [6.45, 7) is 15.3. The zero-order valence-corrected chi connectivity index (χ0v) is 63.5. The number of hydrogen-bond donors (Lipinski definition) is 5. The largest absolute Gasteiger partial charge is 0.491 e. The highest BCUT2D eigenvalue weighted by Gasteiger charge is 2.25. The number of carboxylic acid groups (broad SMARTS) is 1. The van der Waals surface area contributed by atoms with Crippen LogP contribution in [0.4, 0.5) is 56.3 Å². The Bertz CT molecular complexity index is 3670. The van der Waals surface area contributed by atoms with Crippen LogP contribution >= 0.6 is 23.2 Å². The minimum atomic E-state index is -4.64. The van der Waals surface area contributed by atoms with Crippen molar-refractivity contribution in [2.24, 2.45) is 0 Å². The van der Waals surface area contributed by atoms with Gasteiger partial charge in [-0.2, -0.15) is 13.2 Å². The van der Waals surface area contributed by atoms with E-state index < -0.39 is 35.7 Å². The predicted molar refractivity (Wildman–Crippen MR) is 406 cm³/mol. The lowest BCUT2D eigenvalue weighted by Gasteiger charge is -2.19. The number of esters is 1. The Labute approximate surface area is 630 Å². The second-order valence-electron chi connectivity index (χ2n) is 25.2. The van der Waals surface area contributed by atoms with E-state index in [1.165, 1.54) is 49.1 Å². The van der Waals surface area contributed by atoms with E-state index in [4.69, 9.17) is 67.6 Å². The van der Waals surface area contributed by atoms with Crippen LogP contribution in [0.2, 0.25) is 10.0 Å². The third kappa shape index (κ3) is 41.6. The summed E-state index contributed by atoms with van der Waals surface area (Å²) in [5.74, 6) is -0.661. The van der Waals surface area contributed by atoms with Crippen molar-refractivity contribution >= 4 is 109 Å². The van der Waals surface area contributed by atoms with E-state index in [0.29, 0.717) is 167 Å². The number of carboxylic acids is 1. The zero-order valence-electron chi connectivity index (χ0n) is 63.0. The second kappa shape index (κ2) is 52.7. The molecule has 2 aromatic heterocycles. The molecule has 0 aliphatic rings. The number of alkyl halides is 3. The van der Waals surface area contributed by atoms with Gasteiger partial charge in [0.15, 0.2) is 0 Å². The van der Waals surface area contributed by atoms with Gasteiger partial charge in [-0.05, 0) is 175 Å². The second-order valence-corrected chi connectivity index (χ2v) is 26.0. The summed E-state index contributed by atoms with van der Waals surface area (Å²) in [5, 5.41) is 22.0. The molecule has 0 unspecified atom stereocenters. The Balaban J connectivity index is 0.000000499.